The molecule has 2 aromatic rings. The zero-order valence-electron chi connectivity index (χ0n) is 12.9. The van der Waals surface area contributed by atoms with Gasteiger partial charge >= 0.3 is 6.61 Å². The molecule has 0 N–H and O–H groups in total. The van der Waals surface area contributed by atoms with E-state index in [0.29, 0.717) is 23.6 Å². The predicted octanol–water partition coefficient (Wildman–Crippen LogP) is 3.29. The number of hydrogen-bond acceptors (Lipinski definition) is 4. The van der Waals surface area contributed by atoms with Crippen molar-refractivity contribution in [3.05, 3.63) is 53.6 Å². The average Bonchev–Trinajstić information content (AvgIpc) is 3.02. The van der Waals surface area contributed by atoms with Gasteiger partial charge in [-0.3, -0.25) is 4.79 Å². The van der Waals surface area contributed by atoms with Crippen LogP contribution in [-0.2, 0) is 6.54 Å². The minimum absolute atomic E-state index is 0.0139. The van der Waals surface area contributed by atoms with Crippen LogP contribution in [0.15, 0.2) is 42.5 Å². The summed E-state index contributed by atoms with van der Waals surface area (Å²) in [5.74, 6) is 1.13. The Morgan fingerprint density at radius 2 is 1.88 bits per heavy atom. The van der Waals surface area contributed by atoms with Crippen LogP contribution in [0.3, 0.4) is 0 Å². The number of ether oxygens (including phenoxy) is 3. The molecule has 0 saturated carbocycles. The first-order valence-electron chi connectivity index (χ1n) is 7.22. The van der Waals surface area contributed by atoms with E-state index in [2.05, 4.69) is 4.74 Å². The number of carbonyl (C=O) groups is 1. The topological polar surface area (TPSA) is 48.0 Å². The van der Waals surface area contributed by atoms with Gasteiger partial charge in [0.25, 0.3) is 5.91 Å². The van der Waals surface area contributed by atoms with Gasteiger partial charge < -0.3 is 19.1 Å². The quantitative estimate of drug-likeness (QED) is 0.841. The standard InChI is InChI=1S/C17H15F2NO4/c1-20(9-11-2-7-14-15(8-11)23-10-22-14)16(21)12-3-5-13(6-4-12)24-17(18)19/h2-8,17H,9-10H2,1H3. The van der Waals surface area contributed by atoms with Gasteiger partial charge in [0.1, 0.15) is 5.75 Å². The third-order valence-corrected chi connectivity index (χ3v) is 3.53. The van der Waals surface area contributed by atoms with Crippen molar-refractivity contribution in [1.29, 1.82) is 0 Å². The number of carbonyl (C=O) groups excluding carboxylic acids is 1. The zero-order valence-corrected chi connectivity index (χ0v) is 12.9. The molecule has 1 amide bonds. The molecule has 5 nitrogen and oxygen atoms in total. The van der Waals surface area contributed by atoms with Gasteiger partial charge in [-0.1, -0.05) is 6.07 Å². The normalized spacial score (nSPS) is 12.3. The monoisotopic (exact) mass is 335 g/mol. The van der Waals surface area contributed by atoms with Gasteiger partial charge in [0.15, 0.2) is 11.5 Å². The fourth-order valence-corrected chi connectivity index (χ4v) is 2.38. The Labute approximate surface area is 137 Å². The van der Waals surface area contributed by atoms with Crippen LogP contribution in [-0.4, -0.2) is 31.3 Å². The Balaban J connectivity index is 1.66. The Bertz CT molecular complexity index is 734. The third-order valence-electron chi connectivity index (χ3n) is 3.53. The van der Waals surface area contributed by atoms with Crippen molar-refractivity contribution in [3.63, 3.8) is 0 Å². The largest absolute Gasteiger partial charge is 0.454 e. The van der Waals surface area contributed by atoms with Crippen molar-refractivity contribution in [2.75, 3.05) is 13.8 Å². The molecule has 0 atom stereocenters. The van der Waals surface area contributed by atoms with Crippen LogP contribution in [0.5, 0.6) is 17.2 Å². The van der Waals surface area contributed by atoms with Crippen molar-refractivity contribution in [2.24, 2.45) is 0 Å². The molecule has 0 saturated heterocycles. The van der Waals surface area contributed by atoms with Gasteiger partial charge in [0, 0.05) is 19.2 Å². The summed E-state index contributed by atoms with van der Waals surface area (Å²) in [4.78, 5) is 13.9. The summed E-state index contributed by atoms with van der Waals surface area (Å²) >= 11 is 0. The molecular weight excluding hydrogens is 320 g/mol. The van der Waals surface area contributed by atoms with Crippen molar-refractivity contribution >= 4 is 5.91 Å². The van der Waals surface area contributed by atoms with Crippen molar-refractivity contribution in [3.8, 4) is 17.2 Å². The van der Waals surface area contributed by atoms with E-state index in [9.17, 15) is 13.6 Å². The molecule has 24 heavy (non-hydrogen) atoms. The minimum atomic E-state index is -2.89. The number of rotatable bonds is 5. The maximum absolute atomic E-state index is 12.4. The van der Waals surface area contributed by atoms with E-state index in [1.54, 1.807) is 13.1 Å². The highest BCUT2D eigenvalue weighted by atomic mass is 19.3. The van der Waals surface area contributed by atoms with Crippen LogP contribution in [0.4, 0.5) is 8.78 Å². The Kier molecular flexibility index (Phi) is 4.50. The first-order valence-corrected chi connectivity index (χ1v) is 7.22. The molecule has 3 rings (SSSR count). The van der Waals surface area contributed by atoms with Crippen LogP contribution < -0.4 is 14.2 Å². The smallest absolute Gasteiger partial charge is 0.387 e. The molecule has 0 aromatic heterocycles. The fourth-order valence-electron chi connectivity index (χ4n) is 2.38. The highest BCUT2D eigenvalue weighted by molar-refractivity contribution is 5.94. The molecular formula is C17H15F2NO4. The Morgan fingerprint density at radius 3 is 2.58 bits per heavy atom. The van der Waals surface area contributed by atoms with E-state index < -0.39 is 6.61 Å². The summed E-state index contributed by atoms with van der Waals surface area (Å²) in [6.07, 6.45) is 0. The second kappa shape index (κ2) is 6.74. The van der Waals surface area contributed by atoms with E-state index >= 15 is 0 Å². The number of hydrogen-bond donors (Lipinski definition) is 0. The number of nitrogens with zero attached hydrogens (tertiary/aromatic N) is 1. The first-order chi connectivity index (χ1) is 11.5. The second-order valence-corrected chi connectivity index (χ2v) is 5.25. The summed E-state index contributed by atoms with van der Waals surface area (Å²) in [6.45, 7) is -2.31. The Hall–Kier alpha value is -2.83. The van der Waals surface area contributed by atoms with Crippen molar-refractivity contribution in [2.45, 2.75) is 13.2 Å². The lowest BCUT2D eigenvalue weighted by atomic mass is 10.1. The summed E-state index contributed by atoms with van der Waals surface area (Å²) in [7, 11) is 1.66. The van der Waals surface area contributed by atoms with Crippen LogP contribution in [0.1, 0.15) is 15.9 Å². The van der Waals surface area contributed by atoms with Crippen LogP contribution in [0.2, 0.25) is 0 Å². The number of fused-ring (bicyclic) bond motifs is 1. The van der Waals surface area contributed by atoms with Gasteiger partial charge in [-0.25, -0.2) is 0 Å². The van der Waals surface area contributed by atoms with E-state index in [1.165, 1.54) is 29.2 Å². The molecule has 2 aromatic carbocycles. The van der Waals surface area contributed by atoms with E-state index in [-0.39, 0.29) is 18.4 Å². The van der Waals surface area contributed by atoms with E-state index in [0.717, 1.165) is 5.56 Å². The van der Waals surface area contributed by atoms with Gasteiger partial charge in [-0.2, -0.15) is 8.78 Å². The summed E-state index contributed by atoms with van der Waals surface area (Å²) in [6, 6.07) is 11.1. The number of amides is 1. The van der Waals surface area contributed by atoms with Gasteiger partial charge in [-0.05, 0) is 42.0 Å². The number of benzene rings is 2. The van der Waals surface area contributed by atoms with Crippen LogP contribution in [0, 0.1) is 0 Å². The lowest BCUT2D eigenvalue weighted by molar-refractivity contribution is -0.0498. The molecule has 0 radical (unpaired) electrons. The lowest BCUT2D eigenvalue weighted by Gasteiger charge is -2.18. The molecule has 0 spiro atoms. The van der Waals surface area contributed by atoms with Gasteiger partial charge in [-0.15, -0.1) is 0 Å². The summed E-state index contributed by atoms with van der Waals surface area (Å²) < 4.78 is 39.1. The highest BCUT2D eigenvalue weighted by Gasteiger charge is 2.16. The van der Waals surface area contributed by atoms with Crippen molar-refractivity contribution < 1.29 is 27.8 Å². The zero-order chi connectivity index (χ0) is 17.1. The van der Waals surface area contributed by atoms with E-state index in [4.69, 9.17) is 9.47 Å². The average molecular weight is 335 g/mol. The summed E-state index contributed by atoms with van der Waals surface area (Å²) in [5, 5.41) is 0. The SMILES string of the molecule is CN(Cc1ccc2c(c1)OCO2)C(=O)c1ccc(OC(F)F)cc1. The molecule has 0 bridgehead atoms. The molecule has 0 aliphatic carbocycles. The molecule has 7 heteroatoms. The minimum Gasteiger partial charge on any atom is -0.454 e. The maximum atomic E-state index is 12.4. The van der Waals surface area contributed by atoms with Crippen LogP contribution in [0.25, 0.3) is 0 Å². The van der Waals surface area contributed by atoms with Crippen LogP contribution >= 0.6 is 0 Å². The first kappa shape index (κ1) is 16.0. The Morgan fingerprint density at radius 1 is 1.17 bits per heavy atom. The van der Waals surface area contributed by atoms with Crippen molar-refractivity contribution in [1.82, 2.24) is 4.90 Å². The molecule has 126 valence electrons. The number of halogens is 2. The van der Waals surface area contributed by atoms with E-state index in [1.807, 2.05) is 12.1 Å². The molecule has 1 aliphatic rings. The van der Waals surface area contributed by atoms with Gasteiger partial charge in [0.05, 0.1) is 0 Å². The third kappa shape index (κ3) is 3.56. The fraction of sp³-hybridized carbons (Fsp3) is 0.235. The molecule has 1 aliphatic heterocycles. The molecule has 1 heterocycles. The predicted molar refractivity (Wildman–Crippen MR) is 81.4 cm³/mol. The molecule has 0 fully saturated rings. The maximum Gasteiger partial charge on any atom is 0.387 e. The van der Waals surface area contributed by atoms with Gasteiger partial charge in [0.2, 0.25) is 6.79 Å². The number of alkyl halides is 2. The lowest BCUT2D eigenvalue weighted by Crippen LogP contribution is -2.26. The molecule has 0 unspecified atom stereocenters. The highest BCUT2D eigenvalue weighted by Crippen LogP contribution is 2.32. The second-order valence-electron chi connectivity index (χ2n) is 5.25. The summed E-state index contributed by atoms with van der Waals surface area (Å²) in [5.41, 5.74) is 1.28.